The molecule has 5 nitrogen and oxygen atoms in total. The molecule has 0 aliphatic carbocycles. The molecule has 5 heteroatoms. The molecule has 0 aromatic heterocycles. The Kier molecular flexibility index (Phi) is 4.16. The van der Waals surface area contributed by atoms with Crippen LogP contribution in [0.2, 0.25) is 0 Å². The lowest BCUT2D eigenvalue weighted by molar-refractivity contribution is -0.140. The summed E-state index contributed by atoms with van der Waals surface area (Å²) in [5, 5.41) is 11.3. The van der Waals surface area contributed by atoms with Gasteiger partial charge in [-0.25, -0.2) is 0 Å². The number of aldehydes is 1. The van der Waals surface area contributed by atoms with Gasteiger partial charge in [-0.1, -0.05) is 30.3 Å². The van der Waals surface area contributed by atoms with E-state index >= 15 is 0 Å². The molecule has 0 aliphatic heterocycles. The zero-order valence-corrected chi connectivity index (χ0v) is 8.72. The van der Waals surface area contributed by atoms with Crippen molar-refractivity contribution < 1.29 is 14.7 Å². The molecule has 16 heavy (non-hydrogen) atoms. The van der Waals surface area contributed by atoms with Gasteiger partial charge >= 0.3 is 5.97 Å². The van der Waals surface area contributed by atoms with Gasteiger partial charge in [0.05, 0.1) is 6.42 Å². The molecule has 0 heterocycles. The molecule has 0 radical (unpaired) electrons. The molecule has 1 rings (SSSR count). The third-order valence-corrected chi connectivity index (χ3v) is 2.12. The zero-order chi connectivity index (χ0) is 12.0. The van der Waals surface area contributed by atoms with Crippen molar-refractivity contribution in [3.8, 4) is 0 Å². The Morgan fingerprint density at radius 3 is 2.56 bits per heavy atom. The quantitative estimate of drug-likeness (QED) is 0.469. The molecule has 1 atom stereocenters. The number of nitrogens with one attached hydrogen (secondary N) is 1. The van der Waals surface area contributed by atoms with E-state index in [0.29, 0.717) is 12.8 Å². The number of carbonyl (C=O) groups is 2. The highest BCUT2D eigenvalue weighted by atomic mass is 16.4. The Morgan fingerprint density at radius 1 is 1.44 bits per heavy atom. The Morgan fingerprint density at radius 2 is 2.06 bits per heavy atom. The van der Waals surface area contributed by atoms with E-state index in [2.05, 4.69) is 5.32 Å². The maximum absolute atomic E-state index is 10.7. The largest absolute Gasteiger partial charge is 0.481 e. The molecule has 1 aromatic rings. The van der Waals surface area contributed by atoms with E-state index in [0.717, 1.165) is 5.56 Å². The van der Waals surface area contributed by atoms with Crippen LogP contribution in [0.4, 0.5) is 0 Å². The minimum absolute atomic E-state index is 0.351. The molecular weight excluding hydrogens is 208 g/mol. The second-order valence-corrected chi connectivity index (χ2v) is 3.57. The Balaban J connectivity index is 2.58. The molecule has 4 N–H and O–H groups in total. The number of rotatable bonds is 6. The molecule has 86 valence electrons. The van der Waals surface area contributed by atoms with E-state index in [-0.39, 0.29) is 0 Å². The maximum atomic E-state index is 10.7. The summed E-state index contributed by atoms with van der Waals surface area (Å²) < 4.78 is 0. The van der Waals surface area contributed by atoms with Crippen LogP contribution in [-0.2, 0) is 16.1 Å². The van der Waals surface area contributed by atoms with Crippen LogP contribution < -0.4 is 11.1 Å². The van der Waals surface area contributed by atoms with Gasteiger partial charge in [-0.15, -0.1) is 0 Å². The van der Waals surface area contributed by atoms with E-state index in [9.17, 15) is 9.59 Å². The fourth-order valence-corrected chi connectivity index (χ4v) is 1.26. The molecule has 0 bridgehead atoms. The van der Waals surface area contributed by atoms with Gasteiger partial charge in [0.2, 0.25) is 0 Å². The van der Waals surface area contributed by atoms with Crippen LogP contribution in [0.25, 0.3) is 0 Å². The van der Waals surface area contributed by atoms with Crippen LogP contribution in [0.5, 0.6) is 0 Å². The second kappa shape index (κ2) is 5.39. The number of nitrogens with two attached hydrogens (primary N) is 1. The summed E-state index contributed by atoms with van der Waals surface area (Å²) in [6.07, 6.45) is -0.0204. The number of carbonyl (C=O) groups excluding carboxylic acids is 1. The normalized spacial score (nSPS) is 14.1. The lowest BCUT2D eigenvalue weighted by Crippen LogP contribution is -2.55. The van der Waals surface area contributed by atoms with Crippen LogP contribution in [-0.4, -0.2) is 23.0 Å². The third-order valence-electron chi connectivity index (χ3n) is 2.12. The number of carboxylic acid groups (broad SMARTS) is 1. The van der Waals surface area contributed by atoms with Gasteiger partial charge in [-0.2, -0.15) is 0 Å². The van der Waals surface area contributed by atoms with Crippen LogP contribution in [0.1, 0.15) is 12.0 Å². The highest BCUT2D eigenvalue weighted by molar-refractivity contribution is 5.76. The summed E-state index contributed by atoms with van der Waals surface area (Å²) >= 11 is 0. The van der Waals surface area contributed by atoms with Crippen molar-refractivity contribution in [2.24, 2.45) is 5.73 Å². The van der Waals surface area contributed by atoms with E-state index in [1.54, 1.807) is 0 Å². The first kappa shape index (κ1) is 12.4. The van der Waals surface area contributed by atoms with Crippen molar-refractivity contribution in [3.05, 3.63) is 35.9 Å². The van der Waals surface area contributed by atoms with Crippen molar-refractivity contribution in [1.82, 2.24) is 5.32 Å². The smallest absolute Gasteiger partial charge is 0.307 e. The van der Waals surface area contributed by atoms with Gasteiger partial charge < -0.3 is 10.8 Å². The number of carboxylic acids is 1. The van der Waals surface area contributed by atoms with Crippen LogP contribution in [0.3, 0.4) is 0 Å². The molecule has 0 saturated heterocycles. The van der Waals surface area contributed by atoms with Gasteiger partial charge in [0, 0.05) is 6.54 Å². The monoisotopic (exact) mass is 222 g/mol. The van der Waals surface area contributed by atoms with Crippen molar-refractivity contribution in [3.63, 3.8) is 0 Å². The molecular formula is C11H14N2O3. The summed E-state index contributed by atoms with van der Waals surface area (Å²) in [6, 6.07) is 9.30. The molecule has 0 aliphatic rings. The van der Waals surface area contributed by atoms with Gasteiger partial charge in [-0.3, -0.25) is 14.9 Å². The number of aliphatic carboxylic acids is 1. The lowest BCUT2D eigenvalue weighted by Gasteiger charge is -2.22. The van der Waals surface area contributed by atoms with Crippen LogP contribution in [0, 0.1) is 0 Å². The first-order chi connectivity index (χ1) is 7.56. The second-order valence-electron chi connectivity index (χ2n) is 3.57. The summed E-state index contributed by atoms with van der Waals surface area (Å²) in [4.78, 5) is 21.2. The topological polar surface area (TPSA) is 92.4 Å². The van der Waals surface area contributed by atoms with E-state index in [1.165, 1.54) is 0 Å². The van der Waals surface area contributed by atoms with Gasteiger partial charge in [0.1, 0.15) is 5.66 Å². The fraction of sp³-hybridized carbons (Fsp3) is 0.273. The maximum Gasteiger partial charge on any atom is 0.307 e. The number of benzene rings is 1. The van der Waals surface area contributed by atoms with Crippen molar-refractivity contribution in [2.45, 2.75) is 18.6 Å². The van der Waals surface area contributed by atoms with Crippen molar-refractivity contribution in [1.29, 1.82) is 0 Å². The Hall–Kier alpha value is -1.72. The SMILES string of the molecule is N[C@@](C=O)(CC(=O)O)NCc1ccccc1. The lowest BCUT2D eigenvalue weighted by atomic mass is 10.1. The predicted octanol–water partition coefficient (Wildman–Crippen LogP) is 0.105. The predicted molar refractivity (Wildman–Crippen MR) is 58.5 cm³/mol. The standard InChI is InChI=1S/C11H14N2O3/c12-11(8-14,6-10(15)16)13-7-9-4-2-1-3-5-9/h1-5,8,13H,6-7,12H2,(H,15,16)/t11-/m0/s1. The summed E-state index contributed by atoms with van der Waals surface area (Å²) in [7, 11) is 0. The molecule has 0 spiro atoms. The minimum Gasteiger partial charge on any atom is -0.481 e. The number of hydrogen-bond donors (Lipinski definition) is 3. The molecule has 0 fully saturated rings. The summed E-state index contributed by atoms with van der Waals surface area (Å²) in [6.45, 7) is 0.351. The van der Waals surface area contributed by atoms with Gasteiger partial charge in [0.25, 0.3) is 0 Å². The Labute approximate surface area is 93.3 Å². The summed E-state index contributed by atoms with van der Waals surface area (Å²) in [5.74, 6) is -1.12. The van der Waals surface area contributed by atoms with Crippen LogP contribution in [0.15, 0.2) is 30.3 Å². The van der Waals surface area contributed by atoms with E-state index in [4.69, 9.17) is 10.8 Å². The first-order valence-electron chi connectivity index (χ1n) is 4.82. The average molecular weight is 222 g/mol. The van der Waals surface area contributed by atoms with E-state index < -0.39 is 18.1 Å². The van der Waals surface area contributed by atoms with Crippen molar-refractivity contribution in [2.75, 3.05) is 0 Å². The van der Waals surface area contributed by atoms with Gasteiger partial charge in [-0.05, 0) is 5.56 Å². The zero-order valence-electron chi connectivity index (χ0n) is 8.72. The number of hydrogen-bond acceptors (Lipinski definition) is 4. The molecule has 1 aromatic carbocycles. The Bertz CT molecular complexity index is 367. The summed E-state index contributed by atoms with van der Waals surface area (Å²) in [5.41, 5.74) is 5.01. The average Bonchev–Trinajstić information content (AvgIpc) is 2.27. The molecule has 0 unspecified atom stereocenters. The highest BCUT2D eigenvalue weighted by Gasteiger charge is 2.26. The van der Waals surface area contributed by atoms with E-state index in [1.807, 2.05) is 30.3 Å². The minimum atomic E-state index is -1.51. The van der Waals surface area contributed by atoms with Crippen LogP contribution >= 0.6 is 0 Å². The van der Waals surface area contributed by atoms with Crippen molar-refractivity contribution >= 4 is 12.3 Å². The third kappa shape index (κ3) is 3.80. The first-order valence-corrected chi connectivity index (χ1v) is 4.82. The van der Waals surface area contributed by atoms with Gasteiger partial charge in [0.15, 0.2) is 6.29 Å². The molecule has 0 amide bonds. The fourth-order valence-electron chi connectivity index (χ4n) is 1.26. The molecule has 0 saturated carbocycles. The highest BCUT2D eigenvalue weighted by Crippen LogP contribution is 2.03.